The van der Waals surface area contributed by atoms with Gasteiger partial charge in [0.25, 0.3) is 0 Å². The Balaban J connectivity index is 1.57. The van der Waals surface area contributed by atoms with Crippen LogP contribution in [0.5, 0.6) is 11.5 Å². The summed E-state index contributed by atoms with van der Waals surface area (Å²) in [4.78, 5) is 11.7. The number of aliphatic hydroxyl groups excluding tert-OH is 2. The highest BCUT2D eigenvalue weighted by Gasteiger charge is 2.08. The van der Waals surface area contributed by atoms with Gasteiger partial charge in [-0.05, 0) is 36.8 Å². The monoisotopic (exact) mass is 387 g/mol. The van der Waals surface area contributed by atoms with Crippen LogP contribution in [0, 0.1) is 0 Å². The van der Waals surface area contributed by atoms with E-state index in [0.717, 1.165) is 17.1 Å². The summed E-state index contributed by atoms with van der Waals surface area (Å²) in [6, 6.07) is 16.7. The van der Waals surface area contributed by atoms with Crippen molar-refractivity contribution >= 4 is 5.78 Å². The Labute approximate surface area is 166 Å². The molecule has 6 heteroatoms. The zero-order chi connectivity index (χ0) is 20.2. The molecule has 0 saturated heterocycles. The van der Waals surface area contributed by atoms with Gasteiger partial charge < -0.3 is 25.0 Å². The Kier molecular flexibility index (Phi) is 9.48. The molecule has 28 heavy (non-hydrogen) atoms. The lowest BCUT2D eigenvalue weighted by atomic mass is 10.1. The lowest BCUT2D eigenvalue weighted by Gasteiger charge is -2.13. The molecular weight excluding hydrogens is 358 g/mol. The van der Waals surface area contributed by atoms with Crippen molar-refractivity contribution in [3.63, 3.8) is 0 Å². The lowest BCUT2D eigenvalue weighted by molar-refractivity contribution is -0.120. The minimum Gasteiger partial charge on any atom is -0.492 e. The molecule has 6 nitrogen and oxygen atoms in total. The second-order valence-electron chi connectivity index (χ2n) is 6.74. The molecule has 0 fully saturated rings. The minimum atomic E-state index is -0.606. The first kappa shape index (κ1) is 21.9. The summed E-state index contributed by atoms with van der Waals surface area (Å²) in [5, 5.41) is 22.3. The van der Waals surface area contributed by atoms with Crippen molar-refractivity contribution in [2.24, 2.45) is 0 Å². The number of rotatable bonds is 13. The molecule has 2 aromatic carbocycles. The van der Waals surface area contributed by atoms with E-state index in [9.17, 15) is 15.0 Å². The van der Waals surface area contributed by atoms with E-state index in [2.05, 4.69) is 5.32 Å². The van der Waals surface area contributed by atoms with Gasteiger partial charge in [-0.2, -0.15) is 0 Å². The summed E-state index contributed by atoms with van der Waals surface area (Å²) >= 11 is 0. The Morgan fingerprint density at radius 2 is 1.68 bits per heavy atom. The third-order valence-electron chi connectivity index (χ3n) is 3.96. The Bertz CT molecular complexity index is 688. The number of carbonyl (C=O) groups is 1. The maximum Gasteiger partial charge on any atom is 0.139 e. The predicted octanol–water partition coefficient (Wildman–Crippen LogP) is 1.98. The fourth-order valence-electron chi connectivity index (χ4n) is 2.61. The van der Waals surface area contributed by atoms with Crippen molar-refractivity contribution in [2.75, 3.05) is 26.3 Å². The van der Waals surface area contributed by atoms with Crippen LogP contribution in [0.1, 0.15) is 18.9 Å². The zero-order valence-corrected chi connectivity index (χ0v) is 16.2. The van der Waals surface area contributed by atoms with Gasteiger partial charge in [0.05, 0.1) is 6.10 Å². The summed E-state index contributed by atoms with van der Waals surface area (Å²) in [5.74, 6) is 1.48. The van der Waals surface area contributed by atoms with E-state index in [1.54, 1.807) is 6.92 Å². The van der Waals surface area contributed by atoms with E-state index in [1.807, 2.05) is 54.6 Å². The maximum absolute atomic E-state index is 11.7. The van der Waals surface area contributed by atoms with Gasteiger partial charge in [0, 0.05) is 25.9 Å². The molecule has 0 aromatic heterocycles. The zero-order valence-electron chi connectivity index (χ0n) is 16.2. The fraction of sp³-hybridized carbons (Fsp3) is 0.409. The molecule has 2 rings (SSSR count). The molecule has 0 bridgehead atoms. The highest BCUT2D eigenvalue weighted by atomic mass is 16.5. The van der Waals surface area contributed by atoms with Crippen LogP contribution in [0.15, 0.2) is 54.6 Å². The normalized spacial score (nSPS) is 13.0. The van der Waals surface area contributed by atoms with E-state index < -0.39 is 12.2 Å². The fourth-order valence-corrected chi connectivity index (χ4v) is 2.61. The molecule has 0 spiro atoms. The number of ether oxygens (including phenoxy) is 2. The van der Waals surface area contributed by atoms with E-state index >= 15 is 0 Å². The smallest absolute Gasteiger partial charge is 0.139 e. The molecule has 0 saturated carbocycles. The van der Waals surface area contributed by atoms with Crippen molar-refractivity contribution in [1.29, 1.82) is 0 Å². The van der Waals surface area contributed by atoms with Crippen LogP contribution in [0.25, 0.3) is 0 Å². The second kappa shape index (κ2) is 12.1. The van der Waals surface area contributed by atoms with Crippen LogP contribution in [-0.2, 0) is 11.2 Å². The first-order chi connectivity index (χ1) is 13.5. The summed E-state index contributed by atoms with van der Waals surface area (Å²) in [6.45, 7) is 3.31. The number of benzene rings is 2. The van der Waals surface area contributed by atoms with Crippen LogP contribution in [0.2, 0.25) is 0 Å². The molecule has 0 amide bonds. The molecule has 0 aliphatic carbocycles. The minimum absolute atomic E-state index is 0.0164. The van der Waals surface area contributed by atoms with E-state index in [-0.39, 0.29) is 18.8 Å². The Morgan fingerprint density at radius 3 is 2.36 bits per heavy atom. The number of aliphatic hydroxyl groups is 2. The van der Waals surface area contributed by atoms with E-state index in [4.69, 9.17) is 9.47 Å². The van der Waals surface area contributed by atoms with Crippen LogP contribution >= 0.6 is 0 Å². The number of hydrogen-bond acceptors (Lipinski definition) is 6. The van der Waals surface area contributed by atoms with Crippen LogP contribution in [0.3, 0.4) is 0 Å². The largest absolute Gasteiger partial charge is 0.492 e. The number of carbonyl (C=O) groups excluding carboxylic acids is 1. The van der Waals surface area contributed by atoms with Crippen molar-refractivity contribution in [1.82, 2.24) is 5.32 Å². The molecular formula is C22H29NO5. The number of para-hydroxylation sites is 1. The number of ketones is 1. The van der Waals surface area contributed by atoms with Gasteiger partial charge in [-0.1, -0.05) is 30.3 Å². The summed E-state index contributed by atoms with van der Waals surface area (Å²) < 4.78 is 11.1. The first-order valence-corrected chi connectivity index (χ1v) is 9.51. The molecule has 3 N–H and O–H groups in total. The van der Waals surface area contributed by atoms with Gasteiger partial charge in [-0.3, -0.25) is 4.79 Å². The van der Waals surface area contributed by atoms with Gasteiger partial charge >= 0.3 is 0 Å². The summed E-state index contributed by atoms with van der Waals surface area (Å²) in [5.41, 5.74) is 0.901. The lowest BCUT2D eigenvalue weighted by Crippen LogP contribution is -2.33. The van der Waals surface area contributed by atoms with Crippen molar-refractivity contribution in [3.05, 3.63) is 60.2 Å². The van der Waals surface area contributed by atoms with E-state index in [1.165, 1.54) is 0 Å². The molecule has 0 aliphatic rings. The average Bonchev–Trinajstić information content (AvgIpc) is 2.67. The molecule has 0 radical (unpaired) electrons. The molecule has 2 unspecified atom stereocenters. The third kappa shape index (κ3) is 8.99. The van der Waals surface area contributed by atoms with Crippen molar-refractivity contribution in [3.8, 4) is 11.5 Å². The van der Waals surface area contributed by atoms with Gasteiger partial charge in [0.2, 0.25) is 0 Å². The number of nitrogens with one attached hydrogen (secondary N) is 1. The Morgan fingerprint density at radius 1 is 1.00 bits per heavy atom. The molecule has 0 aliphatic heterocycles. The third-order valence-corrected chi connectivity index (χ3v) is 3.96. The van der Waals surface area contributed by atoms with Gasteiger partial charge in [-0.25, -0.2) is 0 Å². The highest BCUT2D eigenvalue weighted by molar-refractivity contribution is 5.81. The van der Waals surface area contributed by atoms with Crippen LogP contribution in [0.4, 0.5) is 0 Å². The number of Topliss-reactive ketones (excluding diaryl/α,β-unsaturated/α-hetero) is 1. The van der Waals surface area contributed by atoms with Gasteiger partial charge in [0.15, 0.2) is 0 Å². The molecule has 2 aromatic rings. The van der Waals surface area contributed by atoms with Crippen LogP contribution in [-0.4, -0.2) is 54.5 Å². The number of hydrogen-bond donors (Lipinski definition) is 3. The van der Waals surface area contributed by atoms with Gasteiger partial charge in [0.1, 0.15) is 36.6 Å². The quantitative estimate of drug-likeness (QED) is 0.456. The van der Waals surface area contributed by atoms with Crippen molar-refractivity contribution < 1.29 is 24.5 Å². The first-order valence-electron chi connectivity index (χ1n) is 9.51. The standard InChI is InChI=1S/C22H29NO5/c1-17(24)13-19(25)14-18-7-9-22(10-8-18)27-12-11-23-15-20(26)16-28-21-5-3-2-4-6-21/h2-10,17,20,23-24,26H,11-16H2,1H3. The average molecular weight is 387 g/mol. The topological polar surface area (TPSA) is 88.0 Å². The highest BCUT2D eigenvalue weighted by Crippen LogP contribution is 2.13. The Hall–Kier alpha value is -2.41. The summed E-state index contributed by atoms with van der Waals surface area (Å²) in [6.07, 6.45) is -0.716. The SMILES string of the molecule is CC(O)CC(=O)Cc1ccc(OCCNCC(O)COc2ccccc2)cc1. The van der Waals surface area contributed by atoms with Crippen molar-refractivity contribution in [2.45, 2.75) is 32.0 Å². The predicted molar refractivity (Wildman–Crippen MR) is 108 cm³/mol. The van der Waals surface area contributed by atoms with Crippen LogP contribution < -0.4 is 14.8 Å². The maximum atomic E-state index is 11.7. The molecule has 152 valence electrons. The second-order valence-corrected chi connectivity index (χ2v) is 6.74. The van der Waals surface area contributed by atoms with E-state index in [0.29, 0.717) is 26.1 Å². The molecule has 2 atom stereocenters. The summed E-state index contributed by atoms with van der Waals surface area (Å²) in [7, 11) is 0. The van der Waals surface area contributed by atoms with Gasteiger partial charge in [-0.15, -0.1) is 0 Å². The molecule has 0 heterocycles.